The number of hydrogen-bond acceptors (Lipinski definition) is 11. The Morgan fingerprint density at radius 3 is 2.64 bits per heavy atom. The normalized spacial score (nSPS) is 19.4. The second-order valence-electron chi connectivity index (χ2n) is 14.2. The van der Waals surface area contributed by atoms with Crippen LogP contribution in [0.3, 0.4) is 0 Å². The van der Waals surface area contributed by atoms with Gasteiger partial charge in [-0.25, -0.2) is 0 Å². The van der Waals surface area contributed by atoms with E-state index in [4.69, 9.17) is 25.5 Å². The molecule has 3 unspecified atom stereocenters. The summed E-state index contributed by atoms with van der Waals surface area (Å²) in [5.41, 5.74) is 4.21. The zero-order valence-electron chi connectivity index (χ0n) is 31.0. The number of carbonyl (C=O) groups is 1. The van der Waals surface area contributed by atoms with Gasteiger partial charge in [0.2, 0.25) is 11.8 Å². The number of aliphatic hydroxyl groups excluding tert-OH is 2. The summed E-state index contributed by atoms with van der Waals surface area (Å²) in [4.78, 5) is 13.9. The molecule has 1 fully saturated rings. The number of nitrogens with one attached hydrogen (secondary N) is 1. The Kier molecular flexibility index (Phi) is 13.0. The van der Waals surface area contributed by atoms with E-state index in [0.717, 1.165) is 48.2 Å². The van der Waals surface area contributed by atoms with Crippen molar-refractivity contribution in [2.75, 3.05) is 32.9 Å². The van der Waals surface area contributed by atoms with Crippen LogP contribution in [0.15, 0.2) is 83.3 Å². The summed E-state index contributed by atoms with van der Waals surface area (Å²) in [6.07, 6.45) is 7.96. The van der Waals surface area contributed by atoms with Crippen molar-refractivity contribution in [3.05, 3.63) is 124 Å². The van der Waals surface area contributed by atoms with Crippen LogP contribution in [-0.2, 0) is 29.9 Å². The van der Waals surface area contributed by atoms with E-state index in [2.05, 4.69) is 58.5 Å². The number of aliphatic hydroxyl groups is 2. The zero-order valence-corrected chi connectivity index (χ0v) is 31.7. The molecule has 0 bridgehead atoms. The monoisotopic (exact) mass is 767 g/mol. The van der Waals surface area contributed by atoms with Gasteiger partial charge >= 0.3 is 5.97 Å². The number of ether oxygens (including phenoxy) is 2. The molecule has 1 aliphatic heterocycles. The molecule has 2 aliphatic rings. The third-order valence-electron chi connectivity index (χ3n) is 10.6. The molecule has 3 aromatic carbocycles. The fourth-order valence-corrected chi connectivity index (χ4v) is 7.38. The zero-order chi connectivity index (χ0) is 39.0. The van der Waals surface area contributed by atoms with Crippen molar-refractivity contribution in [3.63, 3.8) is 0 Å². The van der Waals surface area contributed by atoms with Crippen LogP contribution in [0.25, 0.3) is 5.57 Å². The molecule has 1 aliphatic carbocycles. The number of benzene rings is 3. The predicted octanol–water partition coefficient (Wildman–Crippen LogP) is 5.83. The van der Waals surface area contributed by atoms with Gasteiger partial charge in [-0.2, -0.15) is 5.26 Å². The largest absolute Gasteiger partial charge is 0.490 e. The highest BCUT2D eigenvalue weighted by Crippen LogP contribution is 2.46. The summed E-state index contributed by atoms with van der Waals surface area (Å²) in [5, 5.41) is 50.3. The first-order valence-electron chi connectivity index (χ1n) is 18.4. The number of nitrogens with zero attached hydrogens (tertiary/aromatic N) is 4. The van der Waals surface area contributed by atoms with E-state index >= 15 is 0 Å². The lowest BCUT2D eigenvalue weighted by atomic mass is 9.68. The second-order valence-corrected chi connectivity index (χ2v) is 14.6. The van der Waals surface area contributed by atoms with Gasteiger partial charge in [0.15, 0.2) is 0 Å². The van der Waals surface area contributed by atoms with E-state index in [1.54, 1.807) is 30.3 Å². The van der Waals surface area contributed by atoms with E-state index in [9.17, 15) is 25.4 Å². The number of piperidine rings is 1. The standard InChI is InChI=1S/C42H46ClN5O7/c1-27-7-3-4-10-33(27)34-11-6-14-42(28(34)2,41-47-46-39(55-41)22-48-15-12-29(23-49)13-16-48)26-54-38-19-37(53-25-31-9-5-8-30(17-31)20-44)32(18-35(38)43)21-45-36(24-50)40(51)52/h3-11,14,17-19,28-29,36,45,49-50H,12-13,15-16,21-26H2,1-2H3,(H,51,52). The van der Waals surface area contributed by atoms with Crippen LogP contribution in [-0.4, -0.2) is 75.3 Å². The first-order valence-corrected chi connectivity index (χ1v) is 18.8. The molecular formula is C42H46ClN5O7. The number of aryl methyl sites for hydroxylation is 1. The maximum Gasteiger partial charge on any atom is 0.323 e. The summed E-state index contributed by atoms with van der Waals surface area (Å²) >= 11 is 6.88. The fraction of sp³-hybridized carbons (Fsp3) is 0.381. The number of likely N-dealkylation sites (tertiary alicyclic amines) is 1. The molecule has 0 spiro atoms. The minimum absolute atomic E-state index is 0.0296. The van der Waals surface area contributed by atoms with Gasteiger partial charge in [0.1, 0.15) is 36.2 Å². The summed E-state index contributed by atoms with van der Waals surface area (Å²) in [6.45, 7) is 6.18. The number of hydrogen-bond donors (Lipinski definition) is 4. The molecule has 3 atom stereocenters. The van der Waals surface area contributed by atoms with Crippen molar-refractivity contribution < 1.29 is 34.0 Å². The lowest BCUT2D eigenvalue weighted by Crippen LogP contribution is -2.40. The van der Waals surface area contributed by atoms with Crippen molar-refractivity contribution in [3.8, 4) is 17.6 Å². The molecule has 288 valence electrons. The number of aromatic nitrogens is 2. The van der Waals surface area contributed by atoms with E-state index in [0.29, 0.717) is 46.9 Å². The Morgan fingerprint density at radius 1 is 1.11 bits per heavy atom. The number of rotatable bonds is 16. The number of halogens is 1. The van der Waals surface area contributed by atoms with E-state index in [1.165, 1.54) is 0 Å². The van der Waals surface area contributed by atoms with Crippen molar-refractivity contribution in [2.45, 2.75) is 57.8 Å². The van der Waals surface area contributed by atoms with Crippen molar-refractivity contribution in [2.24, 2.45) is 11.8 Å². The number of allylic oxidation sites excluding steroid dienone is 3. The summed E-state index contributed by atoms with van der Waals surface area (Å²) < 4.78 is 19.4. The van der Waals surface area contributed by atoms with Crippen LogP contribution in [0.1, 0.15) is 59.4 Å². The Labute approximate surface area is 325 Å². The van der Waals surface area contributed by atoms with Crippen LogP contribution in [0.5, 0.6) is 11.5 Å². The van der Waals surface area contributed by atoms with Gasteiger partial charge in [-0.1, -0.05) is 73.2 Å². The van der Waals surface area contributed by atoms with E-state index in [-0.39, 0.29) is 37.3 Å². The second kappa shape index (κ2) is 18.1. The van der Waals surface area contributed by atoms with Crippen molar-refractivity contribution in [1.29, 1.82) is 5.26 Å². The average Bonchev–Trinajstić information content (AvgIpc) is 3.67. The van der Waals surface area contributed by atoms with Crippen LogP contribution < -0.4 is 14.8 Å². The van der Waals surface area contributed by atoms with E-state index < -0.39 is 24.0 Å². The highest BCUT2D eigenvalue weighted by atomic mass is 35.5. The minimum atomic E-state index is -1.20. The molecule has 13 heteroatoms. The molecule has 1 saturated heterocycles. The smallest absolute Gasteiger partial charge is 0.323 e. The molecule has 4 N–H and O–H groups in total. The topological polar surface area (TPSA) is 174 Å². The summed E-state index contributed by atoms with van der Waals surface area (Å²) in [7, 11) is 0. The first kappa shape index (κ1) is 39.7. The quantitative estimate of drug-likeness (QED) is 0.108. The molecule has 0 radical (unpaired) electrons. The van der Waals surface area contributed by atoms with Gasteiger partial charge in [-0.05, 0) is 79.2 Å². The van der Waals surface area contributed by atoms with Crippen molar-refractivity contribution in [1.82, 2.24) is 20.4 Å². The number of nitriles is 1. The fourth-order valence-electron chi connectivity index (χ4n) is 7.14. The van der Waals surface area contributed by atoms with Gasteiger partial charge in [-0.3, -0.25) is 15.0 Å². The van der Waals surface area contributed by atoms with Crippen LogP contribution in [0, 0.1) is 30.1 Å². The lowest BCUT2D eigenvalue weighted by Gasteiger charge is -2.37. The Bertz CT molecular complexity index is 2070. The third kappa shape index (κ3) is 9.27. The highest BCUT2D eigenvalue weighted by molar-refractivity contribution is 6.32. The molecule has 55 heavy (non-hydrogen) atoms. The first-order chi connectivity index (χ1) is 26.6. The minimum Gasteiger partial charge on any atom is -0.490 e. The summed E-state index contributed by atoms with van der Waals surface area (Å²) in [6, 6.07) is 19.5. The van der Waals surface area contributed by atoms with Gasteiger partial charge in [0.25, 0.3) is 0 Å². The Hall–Kier alpha value is -5.03. The maximum atomic E-state index is 11.6. The van der Waals surface area contributed by atoms with Gasteiger partial charge in [0.05, 0.1) is 29.8 Å². The molecule has 6 rings (SSSR count). The van der Waals surface area contributed by atoms with Crippen LogP contribution >= 0.6 is 11.6 Å². The molecule has 2 heterocycles. The molecule has 12 nitrogen and oxygen atoms in total. The number of aliphatic carboxylic acids is 1. The molecule has 0 saturated carbocycles. The Balaban J connectivity index is 1.31. The number of carboxylic acid groups (broad SMARTS) is 1. The average molecular weight is 768 g/mol. The third-order valence-corrected chi connectivity index (χ3v) is 10.9. The molecule has 0 amide bonds. The van der Waals surface area contributed by atoms with Crippen LogP contribution in [0.4, 0.5) is 0 Å². The summed E-state index contributed by atoms with van der Waals surface area (Å²) in [5.74, 6) is 0.547. The van der Waals surface area contributed by atoms with E-state index in [1.807, 2.05) is 30.4 Å². The predicted molar refractivity (Wildman–Crippen MR) is 206 cm³/mol. The molecular weight excluding hydrogens is 722 g/mol. The Morgan fingerprint density at radius 2 is 1.91 bits per heavy atom. The van der Waals surface area contributed by atoms with Gasteiger partial charge < -0.3 is 29.2 Å². The molecule has 4 aromatic rings. The van der Waals surface area contributed by atoms with Crippen LogP contribution in [0.2, 0.25) is 5.02 Å². The van der Waals surface area contributed by atoms with Gasteiger partial charge in [0, 0.05) is 30.7 Å². The maximum absolute atomic E-state index is 11.6. The van der Waals surface area contributed by atoms with Gasteiger partial charge in [-0.15, -0.1) is 10.2 Å². The lowest BCUT2D eigenvalue weighted by molar-refractivity contribution is -0.140. The molecule has 1 aromatic heterocycles. The van der Waals surface area contributed by atoms with Crippen molar-refractivity contribution >= 4 is 23.1 Å². The SMILES string of the molecule is Cc1ccccc1C1=CC=CC(COc2cc(OCc3cccc(C#N)c3)c(CNC(CO)C(=O)O)cc2Cl)(c2nnc(CN3CCC(CO)CC3)o2)C1C. The number of carboxylic acids is 1. The highest BCUT2D eigenvalue weighted by Gasteiger charge is 2.45.